The molecule has 0 aromatic heterocycles. The van der Waals surface area contributed by atoms with Crippen LogP contribution in [0.5, 0.6) is 0 Å². The highest BCUT2D eigenvalue weighted by molar-refractivity contribution is 9.11. The topological polar surface area (TPSA) is 29.5 Å². The second-order valence-corrected chi connectivity index (χ2v) is 7.41. The minimum atomic E-state index is 0.140. The number of rotatable bonds is 4. The number of carbonyl (C=O) groups excluding carboxylic acids is 1. The van der Waals surface area contributed by atoms with E-state index in [1.165, 1.54) is 0 Å². The maximum atomic E-state index is 12.8. The number of carbonyl (C=O) groups is 1. The summed E-state index contributed by atoms with van der Waals surface area (Å²) in [6.45, 7) is 2.45. The largest absolute Gasteiger partial charge is 0.381 e. The monoisotopic (exact) mass is 401 g/mol. The Bertz CT molecular complexity index is 490. The first-order chi connectivity index (χ1) is 9.63. The van der Waals surface area contributed by atoms with Crippen LogP contribution in [-0.4, -0.2) is 36.6 Å². The van der Waals surface area contributed by atoms with Gasteiger partial charge in [0.1, 0.15) is 0 Å². The van der Waals surface area contributed by atoms with Crippen molar-refractivity contribution >= 4 is 37.8 Å². The number of amides is 1. The van der Waals surface area contributed by atoms with Crippen LogP contribution in [0.3, 0.4) is 0 Å². The first-order valence-electron chi connectivity index (χ1n) is 6.98. The van der Waals surface area contributed by atoms with E-state index < -0.39 is 0 Å². The first kappa shape index (κ1) is 14.5. The zero-order valence-corrected chi connectivity index (χ0v) is 14.3. The van der Waals surface area contributed by atoms with E-state index in [0.29, 0.717) is 12.0 Å². The molecule has 0 bridgehead atoms. The summed E-state index contributed by atoms with van der Waals surface area (Å²) >= 11 is 6.90. The van der Waals surface area contributed by atoms with Gasteiger partial charge in [-0.1, -0.05) is 31.9 Å². The highest BCUT2D eigenvalue weighted by Crippen LogP contribution is 2.31. The summed E-state index contributed by atoms with van der Waals surface area (Å²) in [5.74, 6) is 0.636. The van der Waals surface area contributed by atoms with Gasteiger partial charge in [0.15, 0.2) is 0 Å². The summed E-state index contributed by atoms with van der Waals surface area (Å²) < 4.78 is 7.28. The minimum absolute atomic E-state index is 0.140. The van der Waals surface area contributed by atoms with Crippen molar-refractivity contribution < 1.29 is 9.53 Å². The third-order valence-electron chi connectivity index (χ3n) is 3.84. The van der Waals surface area contributed by atoms with Crippen molar-refractivity contribution in [1.29, 1.82) is 0 Å². The Labute approximate surface area is 135 Å². The van der Waals surface area contributed by atoms with Gasteiger partial charge < -0.3 is 9.64 Å². The molecule has 108 valence electrons. The van der Waals surface area contributed by atoms with Crippen LogP contribution in [0, 0.1) is 5.92 Å². The van der Waals surface area contributed by atoms with E-state index >= 15 is 0 Å². The molecule has 3 rings (SSSR count). The number of benzene rings is 1. The predicted molar refractivity (Wildman–Crippen MR) is 84.8 cm³/mol. The standard InChI is InChI=1S/C15H17Br2NO2/c16-12-5-11(6-13(17)7-12)15(19)18(14-1-2-14)8-10-3-4-20-9-10/h5-7,10,14H,1-4,8-9H2. The molecular weight excluding hydrogens is 386 g/mol. The van der Waals surface area contributed by atoms with Crippen molar-refractivity contribution in [3.8, 4) is 0 Å². The fourth-order valence-corrected chi connectivity index (χ4v) is 3.93. The smallest absolute Gasteiger partial charge is 0.254 e. The Morgan fingerprint density at radius 3 is 2.45 bits per heavy atom. The quantitative estimate of drug-likeness (QED) is 0.765. The van der Waals surface area contributed by atoms with E-state index in [4.69, 9.17) is 4.74 Å². The van der Waals surface area contributed by atoms with Gasteiger partial charge in [-0.05, 0) is 37.5 Å². The van der Waals surface area contributed by atoms with Crippen molar-refractivity contribution in [2.45, 2.75) is 25.3 Å². The second-order valence-electron chi connectivity index (χ2n) is 5.58. The molecule has 0 spiro atoms. The fourth-order valence-electron chi connectivity index (χ4n) is 2.63. The molecule has 5 heteroatoms. The molecule has 1 aromatic rings. The van der Waals surface area contributed by atoms with Crippen LogP contribution in [-0.2, 0) is 4.74 Å². The lowest BCUT2D eigenvalue weighted by Gasteiger charge is -2.25. The summed E-state index contributed by atoms with van der Waals surface area (Å²) in [4.78, 5) is 14.8. The van der Waals surface area contributed by atoms with Gasteiger partial charge in [0, 0.05) is 39.6 Å². The van der Waals surface area contributed by atoms with Gasteiger partial charge in [-0.3, -0.25) is 4.79 Å². The van der Waals surface area contributed by atoms with Crippen LogP contribution < -0.4 is 0 Å². The van der Waals surface area contributed by atoms with Crippen molar-refractivity contribution in [2.24, 2.45) is 5.92 Å². The molecule has 20 heavy (non-hydrogen) atoms. The Balaban J connectivity index is 1.77. The van der Waals surface area contributed by atoms with Crippen LogP contribution in [0.2, 0.25) is 0 Å². The lowest BCUT2D eigenvalue weighted by atomic mass is 10.1. The van der Waals surface area contributed by atoms with Gasteiger partial charge in [0.05, 0.1) is 6.61 Å². The molecule has 1 atom stereocenters. The second kappa shape index (κ2) is 6.16. The third kappa shape index (κ3) is 3.43. The molecule has 1 amide bonds. The average molecular weight is 403 g/mol. The Kier molecular flexibility index (Phi) is 4.48. The Hall–Kier alpha value is -0.390. The number of nitrogens with zero attached hydrogens (tertiary/aromatic N) is 1. The summed E-state index contributed by atoms with van der Waals surface area (Å²) in [6.07, 6.45) is 3.33. The van der Waals surface area contributed by atoms with Gasteiger partial charge >= 0.3 is 0 Å². The predicted octanol–water partition coefficient (Wildman–Crippen LogP) is 3.85. The van der Waals surface area contributed by atoms with Crippen LogP contribution >= 0.6 is 31.9 Å². The normalized spacial score (nSPS) is 22.0. The molecule has 0 radical (unpaired) electrons. The number of halogens is 2. The molecule has 0 N–H and O–H groups in total. The summed E-state index contributed by atoms with van der Waals surface area (Å²) in [7, 11) is 0. The molecular formula is C15H17Br2NO2. The molecule has 3 nitrogen and oxygen atoms in total. The van der Waals surface area contributed by atoms with Crippen LogP contribution in [0.25, 0.3) is 0 Å². The molecule has 1 saturated carbocycles. The summed E-state index contributed by atoms with van der Waals surface area (Å²) in [6, 6.07) is 6.17. The van der Waals surface area contributed by atoms with Gasteiger partial charge in [0.25, 0.3) is 5.91 Å². The molecule has 1 aliphatic carbocycles. The summed E-state index contributed by atoms with van der Waals surface area (Å²) in [5, 5.41) is 0. The van der Waals surface area contributed by atoms with E-state index in [-0.39, 0.29) is 5.91 Å². The third-order valence-corrected chi connectivity index (χ3v) is 4.75. The van der Waals surface area contributed by atoms with Crippen molar-refractivity contribution in [2.75, 3.05) is 19.8 Å². The maximum Gasteiger partial charge on any atom is 0.254 e. The average Bonchev–Trinajstić information content (AvgIpc) is 3.11. The zero-order valence-electron chi connectivity index (χ0n) is 11.1. The lowest BCUT2D eigenvalue weighted by molar-refractivity contribution is 0.0706. The van der Waals surface area contributed by atoms with E-state index in [0.717, 1.165) is 53.5 Å². The highest BCUT2D eigenvalue weighted by atomic mass is 79.9. The maximum absolute atomic E-state index is 12.8. The van der Waals surface area contributed by atoms with Crippen molar-refractivity contribution in [3.63, 3.8) is 0 Å². The van der Waals surface area contributed by atoms with E-state index in [9.17, 15) is 4.79 Å². The molecule has 1 heterocycles. The molecule has 1 unspecified atom stereocenters. The summed E-state index contributed by atoms with van der Waals surface area (Å²) in [5.41, 5.74) is 0.747. The SMILES string of the molecule is O=C(c1cc(Br)cc(Br)c1)N(CC1CCOC1)C1CC1. The van der Waals surface area contributed by atoms with Gasteiger partial charge in [-0.15, -0.1) is 0 Å². The van der Waals surface area contributed by atoms with Gasteiger partial charge in [0.2, 0.25) is 0 Å². The van der Waals surface area contributed by atoms with E-state index in [1.807, 2.05) is 23.1 Å². The molecule has 1 aliphatic heterocycles. The van der Waals surface area contributed by atoms with E-state index in [2.05, 4.69) is 31.9 Å². The number of hydrogen-bond donors (Lipinski definition) is 0. The fraction of sp³-hybridized carbons (Fsp3) is 0.533. The number of hydrogen-bond acceptors (Lipinski definition) is 2. The molecule has 2 fully saturated rings. The van der Waals surface area contributed by atoms with E-state index in [1.54, 1.807) is 0 Å². The molecule has 2 aliphatic rings. The van der Waals surface area contributed by atoms with Crippen LogP contribution in [0.15, 0.2) is 27.1 Å². The Morgan fingerprint density at radius 2 is 1.90 bits per heavy atom. The molecule has 1 aromatic carbocycles. The zero-order chi connectivity index (χ0) is 14.1. The van der Waals surface area contributed by atoms with Crippen molar-refractivity contribution in [1.82, 2.24) is 4.90 Å². The van der Waals surface area contributed by atoms with Gasteiger partial charge in [-0.2, -0.15) is 0 Å². The van der Waals surface area contributed by atoms with Crippen LogP contribution in [0.1, 0.15) is 29.6 Å². The van der Waals surface area contributed by atoms with Crippen LogP contribution in [0.4, 0.5) is 0 Å². The van der Waals surface area contributed by atoms with Crippen molar-refractivity contribution in [3.05, 3.63) is 32.7 Å². The minimum Gasteiger partial charge on any atom is -0.381 e. The Morgan fingerprint density at radius 1 is 1.20 bits per heavy atom. The highest BCUT2D eigenvalue weighted by Gasteiger charge is 2.35. The number of ether oxygens (including phenoxy) is 1. The first-order valence-corrected chi connectivity index (χ1v) is 8.57. The lowest BCUT2D eigenvalue weighted by Crippen LogP contribution is -2.37. The molecule has 1 saturated heterocycles. The van der Waals surface area contributed by atoms with Gasteiger partial charge in [-0.25, -0.2) is 0 Å².